The molecule has 0 aliphatic heterocycles. The van der Waals surface area contributed by atoms with Crippen molar-refractivity contribution in [3.63, 3.8) is 0 Å². The zero-order valence-electron chi connectivity index (χ0n) is 12.6. The van der Waals surface area contributed by atoms with Crippen molar-refractivity contribution in [2.24, 2.45) is 0 Å². The first kappa shape index (κ1) is 19.3. The Morgan fingerprint density at radius 2 is 1.60 bits per heavy atom. The molecule has 1 aliphatic rings. The molecular weight excluding hydrogens is 366 g/mol. The lowest BCUT2D eigenvalue weighted by molar-refractivity contribution is -0.143. The molecule has 1 aliphatic carbocycles. The summed E-state index contributed by atoms with van der Waals surface area (Å²) < 4.78 is 76.8. The topological polar surface area (TPSA) is 24.1 Å². The van der Waals surface area contributed by atoms with Gasteiger partial charge < -0.3 is 10.6 Å². The first-order valence-electron chi connectivity index (χ1n) is 7.09. The Balaban J connectivity index is 2.11. The Hall–Kier alpha value is -2.03. The van der Waals surface area contributed by atoms with Crippen LogP contribution in [0.2, 0.25) is 0 Å². The number of allylic oxidation sites excluding steroid dienone is 3. The lowest BCUT2D eigenvalue weighted by atomic mass is 10.0. The van der Waals surface area contributed by atoms with E-state index in [-0.39, 0.29) is 23.3 Å². The maximum absolute atomic E-state index is 12.8. The van der Waals surface area contributed by atoms with Gasteiger partial charge in [0.15, 0.2) is 5.11 Å². The molecule has 0 atom stereocenters. The minimum Gasteiger partial charge on any atom is -0.358 e. The van der Waals surface area contributed by atoms with Crippen molar-refractivity contribution in [3.8, 4) is 0 Å². The summed E-state index contributed by atoms with van der Waals surface area (Å²) in [5.74, 6) is 0. The second-order valence-electron chi connectivity index (χ2n) is 5.21. The third-order valence-corrected chi connectivity index (χ3v) is 3.49. The van der Waals surface area contributed by atoms with Gasteiger partial charge in [-0.1, -0.05) is 12.2 Å². The third-order valence-electron chi connectivity index (χ3n) is 3.24. The van der Waals surface area contributed by atoms with Crippen LogP contribution >= 0.6 is 12.2 Å². The predicted molar refractivity (Wildman–Crippen MR) is 85.2 cm³/mol. The molecule has 2 rings (SSSR count). The van der Waals surface area contributed by atoms with Crippen molar-refractivity contribution >= 4 is 17.3 Å². The van der Waals surface area contributed by atoms with Gasteiger partial charge in [0.2, 0.25) is 0 Å². The zero-order valence-corrected chi connectivity index (χ0v) is 13.4. The van der Waals surface area contributed by atoms with Gasteiger partial charge >= 0.3 is 12.4 Å². The summed E-state index contributed by atoms with van der Waals surface area (Å²) in [5, 5.41) is 5.51. The molecule has 0 amide bonds. The third kappa shape index (κ3) is 5.77. The number of halogens is 6. The van der Waals surface area contributed by atoms with E-state index in [0.29, 0.717) is 24.3 Å². The molecule has 0 fully saturated rings. The van der Waals surface area contributed by atoms with Crippen LogP contribution in [0.15, 0.2) is 42.1 Å². The molecule has 1 aromatic rings. The summed E-state index contributed by atoms with van der Waals surface area (Å²) in [6, 6.07) is 1.42. The van der Waals surface area contributed by atoms with Gasteiger partial charge in [0.1, 0.15) is 0 Å². The number of nitrogens with one attached hydrogen (secondary N) is 2. The largest absolute Gasteiger partial charge is 0.416 e. The highest BCUT2D eigenvalue weighted by Crippen LogP contribution is 2.36. The Morgan fingerprint density at radius 1 is 1.00 bits per heavy atom. The maximum atomic E-state index is 12.8. The number of hydrogen-bond acceptors (Lipinski definition) is 1. The van der Waals surface area contributed by atoms with Gasteiger partial charge in [0.25, 0.3) is 0 Å². The van der Waals surface area contributed by atoms with E-state index >= 15 is 0 Å². The van der Waals surface area contributed by atoms with Gasteiger partial charge in [-0.15, -0.1) is 0 Å². The molecule has 0 heterocycles. The molecule has 0 spiro atoms. The first-order chi connectivity index (χ1) is 11.6. The summed E-state index contributed by atoms with van der Waals surface area (Å²) in [4.78, 5) is 0. The second-order valence-corrected chi connectivity index (χ2v) is 5.62. The summed E-state index contributed by atoms with van der Waals surface area (Å²) in [6.07, 6.45) is -1.77. The minimum atomic E-state index is -4.87. The molecule has 25 heavy (non-hydrogen) atoms. The van der Waals surface area contributed by atoms with E-state index in [9.17, 15) is 26.3 Å². The van der Waals surface area contributed by atoms with Gasteiger partial charge in [-0.3, -0.25) is 0 Å². The van der Waals surface area contributed by atoms with Crippen LogP contribution in [0.3, 0.4) is 0 Å². The first-order valence-corrected chi connectivity index (χ1v) is 7.50. The van der Waals surface area contributed by atoms with Gasteiger partial charge in [0, 0.05) is 12.2 Å². The summed E-state index contributed by atoms with van der Waals surface area (Å²) in [7, 11) is 0. The molecule has 9 heteroatoms. The van der Waals surface area contributed by atoms with Crippen LogP contribution in [0.25, 0.3) is 0 Å². The summed E-state index contributed by atoms with van der Waals surface area (Å²) in [5.41, 5.74) is -2.19. The van der Waals surface area contributed by atoms with Crippen molar-refractivity contribution in [2.45, 2.75) is 25.3 Å². The highest BCUT2D eigenvalue weighted by molar-refractivity contribution is 7.80. The highest BCUT2D eigenvalue weighted by atomic mass is 32.1. The monoisotopic (exact) mass is 379 g/mol. The second kappa shape index (κ2) is 7.47. The van der Waals surface area contributed by atoms with E-state index in [2.05, 4.69) is 10.6 Å². The number of hydrogen-bond donors (Lipinski definition) is 2. The average molecular weight is 379 g/mol. The molecule has 2 nitrogen and oxygen atoms in total. The minimum absolute atomic E-state index is 0.0915. The fourth-order valence-electron chi connectivity index (χ4n) is 2.09. The van der Waals surface area contributed by atoms with Crippen LogP contribution in [0.4, 0.5) is 26.3 Å². The van der Waals surface area contributed by atoms with Crippen molar-refractivity contribution in [1.82, 2.24) is 10.6 Å². The fourth-order valence-corrected chi connectivity index (χ4v) is 2.28. The van der Waals surface area contributed by atoms with Crippen molar-refractivity contribution in [2.75, 3.05) is 0 Å². The molecule has 0 saturated heterocycles. The maximum Gasteiger partial charge on any atom is 0.416 e. The molecule has 0 saturated carbocycles. The quantitative estimate of drug-likeness (QED) is 0.586. The van der Waals surface area contributed by atoms with Crippen LogP contribution in [0, 0.1) is 6.42 Å². The van der Waals surface area contributed by atoms with Gasteiger partial charge in [-0.05, 0) is 54.9 Å². The molecule has 0 bridgehead atoms. The van der Waals surface area contributed by atoms with Crippen LogP contribution in [0.1, 0.15) is 23.1 Å². The highest BCUT2D eigenvalue weighted by Gasteiger charge is 2.36. The average Bonchev–Trinajstić information content (AvgIpc) is 2.52. The molecule has 135 valence electrons. The molecule has 0 aromatic heterocycles. The molecule has 1 aromatic carbocycles. The Labute approximate surface area is 145 Å². The van der Waals surface area contributed by atoms with E-state index in [1.807, 2.05) is 12.5 Å². The molecule has 1 radical (unpaired) electrons. The van der Waals surface area contributed by atoms with Crippen LogP contribution in [-0.4, -0.2) is 5.11 Å². The Kier molecular flexibility index (Phi) is 5.76. The van der Waals surface area contributed by atoms with Crippen LogP contribution in [-0.2, 0) is 18.9 Å². The van der Waals surface area contributed by atoms with Gasteiger partial charge in [-0.2, -0.15) is 26.3 Å². The van der Waals surface area contributed by atoms with Crippen molar-refractivity contribution in [1.29, 1.82) is 0 Å². The lowest BCUT2D eigenvalue weighted by Crippen LogP contribution is -2.34. The van der Waals surface area contributed by atoms with Crippen molar-refractivity contribution in [3.05, 3.63) is 65.2 Å². The summed E-state index contributed by atoms with van der Waals surface area (Å²) in [6.45, 7) is -0.276. The van der Waals surface area contributed by atoms with Crippen LogP contribution in [0.5, 0.6) is 0 Å². The van der Waals surface area contributed by atoms with Gasteiger partial charge in [0.05, 0.1) is 11.1 Å². The SMILES string of the molecule is FC(F)(F)c1cc(CNC(=S)NC2=CC[CH]C=C2)cc(C(F)(F)F)c1. The number of rotatable bonds is 3. The van der Waals surface area contributed by atoms with Crippen molar-refractivity contribution < 1.29 is 26.3 Å². The molecule has 0 unspecified atom stereocenters. The summed E-state index contributed by atoms with van der Waals surface area (Å²) >= 11 is 4.99. The van der Waals surface area contributed by atoms with E-state index in [0.717, 1.165) is 0 Å². The molecular formula is C16H13F6N2S. The normalized spacial score (nSPS) is 14.9. The number of alkyl halides is 6. The van der Waals surface area contributed by atoms with Gasteiger partial charge in [-0.25, -0.2) is 0 Å². The van der Waals surface area contributed by atoms with E-state index in [1.165, 1.54) is 0 Å². The number of thiocarbonyl (C=S) groups is 1. The van der Waals surface area contributed by atoms with E-state index in [1.54, 1.807) is 12.2 Å². The van der Waals surface area contributed by atoms with E-state index in [4.69, 9.17) is 12.2 Å². The smallest absolute Gasteiger partial charge is 0.358 e. The van der Waals surface area contributed by atoms with Crippen LogP contribution < -0.4 is 10.6 Å². The Bertz CT molecular complexity index is 671. The number of benzene rings is 1. The Morgan fingerprint density at radius 3 is 2.08 bits per heavy atom. The van der Waals surface area contributed by atoms with E-state index < -0.39 is 23.5 Å². The molecule has 2 N–H and O–H groups in total. The zero-order chi connectivity index (χ0) is 18.7. The predicted octanol–water partition coefficient (Wildman–Crippen LogP) is 4.74. The standard InChI is InChI=1S/C16H13F6N2S/c17-15(18,19)11-6-10(7-12(8-11)16(20,21)22)9-23-14(25)24-13-4-2-1-3-5-13/h1-2,4-8H,3,9H2,(H2,23,24,25). The lowest BCUT2D eigenvalue weighted by Gasteiger charge is -2.16. The fraction of sp³-hybridized carbons (Fsp3) is 0.250.